The number of carbonyl (C=O) groups is 4. The van der Waals surface area contributed by atoms with Crippen LogP contribution in [0.15, 0.2) is 36.5 Å². The zero-order valence-corrected chi connectivity index (χ0v) is 50.9. The fourth-order valence-electron chi connectivity index (χ4n) is 10.2. The Labute approximate surface area is 482 Å². The first-order valence-electron chi connectivity index (χ1n) is 33.0. The number of hydrogen-bond donors (Lipinski definition) is 3. The van der Waals surface area contributed by atoms with Crippen LogP contribution >= 0.6 is 0 Å². The third-order valence-electron chi connectivity index (χ3n) is 15.2. The van der Waals surface area contributed by atoms with Crippen molar-refractivity contribution in [2.45, 2.75) is 353 Å². The smallest absolute Gasteiger partial charge is 0.335 e. The van der Waals surface area contributed by atoms with Crippen molar-refractivity contribution in [1.82, 2.24) is 0 Å². The van der Waals surface area contributed by atoms with Gasteiger partial charge in [-0.1, -0.05) is 282 Å². The molecule has 1 aliphatic rings. The second-order valence-electron chi connectivity index (χ2n) is 22.7. The molecular formula is C67H120O12. The summed E-state index contributed by atoms with van der Waals surface area (Å²) < 4.78 is 28.5. The summed E-state index contributed by atoms with van der Waals surface area (Å²) in [4.78, 5) is 51.3. The number of carbonyl (C=O) groups excluding carboxylic acids is 3. The highest BCUT2D eigenvalue weighted by Gasteiger charge is 2.50. The zero-order chi connectivity index (χ0) is 57.5. The highest BCUT2D eigenvalue weighted by molar-refractivity contribution is 5.74. The predicted molar refractivity (Wildman–Crippen MR) is 322 cm³/mol. The highest BCUT2D eigenvalue weighted by Crippen LogP contribution is 2.27. The molecule has 0 saturated carbocycles. The van der Waals surface area contributed by atoms with E-state index in [2.05, 4.69) is 57.2 Å². The molecule has 0 aliphatic carbocycles. The van der Waals surface area contributed by atoms with Crippen LogP contribution in [-0.4, -0.2) is 89.2 Å². The fraction of sp³-hybridized carbons (Fsp3) is 0.851. The summed E-state index contributed by atoms with van der Waals surface area (Å²) in [6.45, 7) is 5.93. The van der Waals surface area contributed by atoms with Crippen LogP contribution in [-0.2, 0) is 42.9 Å². The lowest BCUT2D eigenvalue weighted by Gasteiger charge is -2.40. The molecule has 0 amide bonds. The van der Waals surface area contributed by atoms with Gasteiger partial charge in [0.1, 0.15) is 18.8 Å². The quantitative estimate of drug-likeness (QED) is 0.0228. The molecule has 6 unspecified atom stereocenters. The molecule has 460 valence electrons. The average molecular weight is 1120 g/mol. The third kappa shape index (κ3) is 45.2. The van der Waals surface area contributed by atoms with E-state index < -0.39 is 67.3 Å². The van der Waals surface area contributed by atoms with E-state index in [1.807, 2.05) is 0 Å². The molecule has 6 atom stereocenters. The minimum atomic E-state index is -1.90. The summed E-state index contributed by atoms with van der Waals surface area (Å²) in [5, 5.41) is 31.6. The molecule has 0 aromatic heterocycles. The van der Waals surface area contributed by atoms with Gasteiger partial charge in [0, 0.05) is 19.3 Å². The van der Waals surface area contributed by atoms with Crippen LogP contribution in [0.25, 0.3) is 0 Å². The predicted octanol–water partition coefficient (Wildman–Crippen LogP) is 17.6. The van der Waals surface area contributed by atoms with Crippen molar-refractivity contribution in [2.24, 2.45) is 0 Å². The van der Waals surface area contributed by atoms with Crippen LogP contribution in [0.3, 0.4) is 0 Å². The third-order valence-corrected chi connectivity index (χ3v) is 15.2. The lowest BCUT2D eigenvalue weighted by molar-refractivity contribution is -0.301. The van der Waals surface area contributed by atoms with Crippen molar-refractivity contribution >= 4 is 23.9 Å². The minimum absolute atomic E-state index is 0.0646. The molecule has 0 radical (unpaired) electrons. The average Bonchev–Trinajstić information content (AvgIpc) is 3.46. The van der Waals surface area contributed by atoms with Crippen LogP contribution < -0.4 is 0 Å². The summed E-state index contributed by atoms with van der Waals surface area (Å²) in [5.74, 6) is -3.10. The van der Waals surface area contributed by atoms with Crippen molar-refractivity contribution in [2.75, 3.05) is 13.2 Å². The maximum Gasteiger partial charge on any atom is 0.335 e. The van der Waals surface area contributed by atoms with Gasteiger partial charge in [0.2, 0.25) is 0 Å². The van der Waals surface area contributed by atoms with E-state index >= 15 is 0 Å². The topological polar surface area (TPSA) is 175 Å². The molecule has 1 rings (SSSR count). The normalized spacial score (nSPS) is 18.0. The van der Waals surface area contributed by atoms with Gasteiger partial charge >= 0.3 is 23.9 Å². The first-order valence-corrected chi connectivity index (χ1v) is 33.0. The number of allylic oxidation sites excluding steroid dienone is 6. The van der Waals surface area contributed by atoms with Crippen LogP contribution in [0.1, 0.15) is 316 Å². The van der Waals surface area contributed by atoms with E-state index in [1.54, 1.807) is 0 Å². The number of hydrogen-bond acceptors (Lipinski definition) is 11. The number of carboxylic acid groups (broad SMARTS) is 1. The van der Waals surface area contributed by atoms with E-state index in [-0.39, 0.29) is 25.9 Å². The second-order valence-corrected chi connectivity index (χ2v) is 22.7. The Morgan fingerprint density at radius 1 is 0.430 bits per heavy atom. The molecule has 0 spiro atoms. The monoisotopic (exact) mass is 1120 g/mol. The SMILES string of the molecule is CC/C=C\C/C=C\C/C=C\CCCCCCCC(=O)OC(COC(=O)CCCCCCCCCCCCCCCCCCC)COC1OC(C(=O)O)C(O)C(O)C1OC(=O)CCCCCCCCCCCCCCCCCCC. The number of ether oxygens (including phenoxy) is 5. The molecule has 1 heterocycles. The van der Waals surface area contributed by atoms with Crippen molar-refractivity contribution in [3.05, 3.63) is 36.5 Å². The van der Waals surface area contributed by atoms with E-state index in [0.29, 0.717) is 19.3 Å². The van der Waals surface area contributed by atoms with Gasteiger partial charge < -0.3 is 39.0 Å². The molecule has 1 aliphatic heterocycles. The van der Waals surface area contributed by atoms with Crippen molar-refractivity contribution < 1.29 is 58.2 Å². The fourth-order valence-corrected chi connectivity index (χ4v) is 10.2. The molecule has 0 aromatic carbocycles. The number of aliphatic hydroxyl groups is 2. The molecule has 1 saturated heterocycles. The molecule has 12 heteroatoms. The number of unbranched alkanes of at least 4 members (excludes halogenated alkanes) is 37. The Hall–Kier alpha value is -3.06. The minimum Gasteiger partial charge on any atom is -0.479 e. The van der Waals surface area contributed by atoms with Gasteiger partial charge in [-0.25, -0.2) is 4.79 Å². The first kappa shape index (κ1) is 74.0. The number of aliphatic hydroxyl groups excluding tert-OH is 2. The van der Waals surface area contributed by atoms with Crippen LogP contribution in [0.2, 0.25) is 0 Å². The highest BCUT2D eigenvalue weighted by atomic mass is 16.7. The molecule has 12 nitrogen and oxygen atoms in total. The van der Waals surface area contributed by atoms with Gasteiger partial charge in [-0.05, 0) is 51.4 Å². The number of esters is 3. The van der Waals surface area contributed by atoms with Crippen LogP contribution in [0, 0.1) is 0 Å². The van der Waals surface area contributed by atoms with Gasteiger partial charge in [-0.15, -0.1) is 0 Å². The van der Waals surface area contributed by atoms with Crippen molar-refractivity contribution in [3.8, 4) is 0 Å². The number of aliphatic carboxylic acids is 1. The van der Waals surface area contributed by atoms with Gasteiger partial charge in [0.05, 0.1) is 6.61 Å². The Kier molecular flexibility index (Phi) is 51.9. The molecule has 0 bridgehead atoms. The van der Waals surface area contributed by atoms with E-state index in [1.165, 1.54) is 167 Å². The Bertz CT molecular complexity index is 1510. The summed E-state index contributed by atoms with van der Waals surface area (Å²) in [5.41, 5.74) is 0. The largest absolute Gasteiger partial charge is 0.479 e. The zero-order valence-electron chi connectivity index (χ0n) is 50.9. The summed E-state index contributed by atoms with van der Waals surface area (Å²) in [6, 6.07) is 0. The summed E-state index contributed by atoms with van der Waals surface area (Å²) >= 11 is 0. The number of carboxylic acids is 1. The standard InChI is InChI=1S/C67H120O12/c1-4-7-10-13-16-19-22-25-28-30-33-35-38-41-44-47-50-53-59(68)75-56-58(77-60(69)54-51-48-45-42-39-36-32-27-24-21-18-15-12-9-6-3)57-76-67-65(63(72)62(71)64(79-67)66(73)74)78-61(70)55-52-49-46-43-40-37-34-31-29-26-23-20-17-14-11-8-5-2/h9,12,18,21,27,32,58,62-65,67,71-72H,4-8,10-11,13-17,19-20,22-26,28-31,33-57H2,1-3H3,(H,73,74)/b12-9-,21-18-,32-27-. The Morgan fingerprint density at radius 2 is 0.797 bits per heavy atom. The number of rotatable bonds is 57. The van der Waals surface area contributed by atoms with Gasteiger partial charge in [0.25, 0.3) is 0 Å². The first-order chi connectivity index (χ1) is 38.6. The van der Waals surface area contributed by atoms with Crippen LogP contribution in [0.5, 0.6) is 0 Å². The maximum absolute atomic E-state index is 13.2. The molecule has 0 aromatic rings. The van der Waals surface area contributed by atoms with Crippen LogP contribution in [0.4, 0.5) is 0 Å². The van der Waals surface area contributed by atoms with E-state index in [9.17, 15) is 34.5 Å². The van der Waals surface area contributed by atoms with E-state index in [4.69, 9.17) is 23.7 Å². The molecule has 1 fully saturated rings. The van der Waals surface area contributed by atoms with Gasteiger partial charge in [0.15, 0.2) is 24.6 Å². The summed E-state index contributed by atoms with van der Waals surface area (Å²) in [6.07, 6.45) is 53.9. The summed E-state index contributed by atoms with van der Waals surface area (Å²) in [7, 11) is 0. The second kappa shape index (κ2) is 55.5. The molecule has 79 heavy (non-hydrogen) atoms. The lowest BCUT2D eigenvalue weighted by atomic mass is 9.98. The van der Waals surface area contributed by atoms with Gasteiger partial charge in [-0.2, -0.15) is 0 Å². The lowest BCUT2D eigenvalue weighted by Crippen LogP contribution is -2.61. The Morgan fingerprint density at radius 3 is 1.22 bits per heavy atom. The molecule has 3 N–H and O–H groups in total. The van der Waals surface area contributed by atoms with Crippen molar-refractivity contribution in [3.63, 3.8) is 0 Å². The van der Waals surface area contributed by atoms with Gasteiger partial charge in [-0.3, -0.25) is 14.4 Å². The Balaban J connectivity index is 2.64. The molecular weight excluding hydrogens is 997 g/mol. The maximum atomic E-state index is 13.2. The van der Waals surface area contributed by atoms with Crippen molar-refractivity contribution in [1.29, 1.82) is 0 Å². The van der Waals surface area contributed by atoms with E-state index in [0.717, 1.165) is 89.9 Å².